The van der Waals surface area contributed by atoms with Gasteiger partial charge in [-0.25, -0.2) is 4.39 Å². The third-order valence-electron chi connectivity index (χ3n) is 4.99. The first-order valence-electron chi connectivity index (χ1n) is 8.95. The number of nitro groups is 1. The molecule has 0 amide bonds. The Labute approximate surface area is 164 Å². The van der Waals surface area contributed by atoms with E-state index in [2.05, 4.69) is 0 Å². The molecule has 1 heterocycles. The fourth-order valence-electron chi connectivity index (χ4n) is 3.51. The summed E-state index contributed by atoms with van der Waals surface area (Å²) in [7, 11) is 1.51. The minimum atomic E-state index is -4.64. The van der Waals surface area contributed by atoms with Crippen molar-refractivity contribution in [2.75, 3.05) is 38.2 Å². The Balaban J connectivity index is 1.73. The Bertz CT molecular complexity index is 897. The number of nitrogens with zero attached hydrogens (tertiary/aromatic N) is 2. The molecular weight excluding hydrogens is 394 g/mol. The van der Waals surface area contributed by atoms with E-state index in [1.807, 2.05) is 0 Å². The maximum Gasteiger partial charge on any atom is 0.416 e. The zero-order chi connectivity index (χ0) is 21.2. The van der Waals surface area contributed by atoms with Crippen molar-refractivity contribution in [2.24, 2.45) is 0 Å². The van der Waals surface area contributed by atoms with Crippen LogP contribution in [0.15, 0.2) is 36.4 Å². The van der Waals surface area contributed by atoms with Gasteiger partial charge in [0, 0.05) is 6.07 Å². The second-order valence-electron chi connectivity index (χ2n) is 6.83. The molecule has 2 aromatic rings. The van der Waals surface area contributed by atoms with Crippen molar-refractivity contribution in [3.8, 4) is 5.75 Å². The normalized spacial score (nSPS) is 15.4. The van der Waals surface area contributed by atoms with Gasteiger partial charge in [-0.3, -0.25) is 10.1 Å². The van der Waals surface area contributed by atoms with Crippen LogP contribution in [0.3, 0.4) is 0 Å². The van der Waals surface area contributed by atoms with Crippen LogP contribution in [-0.2, 0) is 12.7 Å². The number of rotatable bonds is 5. The molecule has 1 fully saturated rings. The topological polar surface area (TPSA) is 60.0 Å². The number of ether oxygens (including phenoxy) is 1. The molecular formula is C19H20F4N3O3+. The third kappa shape index (κ3) is 4.76. The Morgan fingerprint density at radius 3 is 2.45 bits per heavy atom. The first-order valence-corrected chi connectivity index (χ1v) is 8.95. The van der Waals surface area contributed by atoms with Crippen LogP contribution in [0.2, 0.25) is 0 Å². The van der Waals surface area contributed by atoms with E-state index in [4.69, 9.17) is 4.74 Å². The van der Waals surface area contributed by atoms with E-state index in [1.54, 1.807) is 11.0 Å². The summed E-state index contributed by atoms with van der Waals surface area (Å²) >= 11 is 0. The maximum absolute atomic E-state index is 13.5. The lowest BCUT2D eigenvalue weighted by molar-refractivity contribution is -0.914. The fraction of sp³-hybridized carbons (Fsp3) is 0.368. The van der Waals surface area contributed by atoms with Gasteiger partial charge < -0.3 is 14.5 Å². The Hall–Kier alpha value is -2.88. The van der Waals surface area contributed by atoms with E-state index in [-0.39, 0.29) is 11.5 Å². The minimum absolute atomic E-state index is 0.172. The molecule has 6 nitrogen and oxygen atoms in total. The lowest BCUT2D eigenvalue weighted by atomic mass is 10.1. The Morgan fingerprint density at radius 1 is 1.17 bits per heavy atom. The van der Waals surface area contributed by atoms with Gasteiger partial charge in [-0.15, -0.1) is 0 Å². The van der Waals surface area contributed by atoms with Gasteiger partial charge in [-0.1, -0.05) is 0 Å². The molecule has 2 aromatic carbocycles. The predicted molar refractivity (Wildman–Crippen MR) is 97.7 cm³/mol. The van der Waals surface area contributed by atoms with E-state index >= 15 is 0 Å². The molecule has 0 aliphatic carbocycles. The summed E-state index contributed by atoms with van der Waals surface area (Å²) in [5.74, 6) is 0.221. The van der Waals surface area contributed by atoms with Gasteiger partial charge in [0.1, 0.15) is 23.8 Å². The summed E-state index contributed by atoms with van der Waals surface area (Å²) < 4.78 is 57.4. The molecule has 1 saturated heterocycles. The van der Waals surface area contributed by atoms with Crippen molar-refractivity contribution in [3.63, 3.8) is 0 Å². The van der Waals surface area contributed by atoms with Crippen molar-refractivity contribution in [2.45, 2.75) is 12.7 Å². The summed E-state index contributed by atoms with van der Waals surface area (Å²) in [6.45, 7) is 2.57. The molecule has 156 valence electrons. The Morgan fingerprint density at radius 2 is 1.86 bits per heavy atom. The number of nitrogens with one attached hydrogen (secondary N) is 1. The molecule has 10 heteroatoms. The van der Waals surface area contributed by atoms with Crippen molar-refractivity contribution in [1.82, 2.24) is 0 Å². The van der Waals surface area contributed by atoms with Gasteiger partial charge >= 0.3 is 6.18 Å². The van der Waals surface area contributed by atoms with E-state index in [0.717, 1.165) is 22.6 Å². The highest BCUT2D eigenvalue weighted by Crippen LogP contribution is 2.36. The minimum Gasteiger partial charge on any atom is -0.496 e. The van der Waals surface area contributed by atoms with Crippen LogP contribution in [0.1, 0.15) is 11.1 Å². The molecule has 0 saturated carbocycles. The summed E-state index contributed by atoms with van der Waals surface area (Å²) in [4.78, 5) is 13.4. The van der Waals surface area contributed by atoms with Crippen molar-refractivity contribution >= 4 is 11.4 Å². The molecule has 0 bridgehead atoms. The van der Waals surface area contributed by atoms with Crippen LogP contribution in [0.4, 0.5) is 28.9 Å². The fourth-order valence-corrected chi connectivity index (χ4v) is 3.51. The number of hydrogen-bond donors (Lipinski definition) is 1. The van der Waals surface area contributed by atoms with Gasteiger partial charge in [-0.05, 0) is 30.3 Å². The number of nitro benzene ring substituents is 1. The van der Waals surface area contributed by atoms with E-state index in [1.165, 1.54) is 19.2 Å². The first-order chi connectivity index (χ1) is 13.7. The highest BCUT2D eigenvalue weighted by molar-refractivity contribution is 5.64. The van der Waals surface area contributed by atoms with Crippen LogP contribution in [-0.4, -0.2) is 38.2 Å². The van der Waals surface area contributed by atoms with Gasteiger partial charge in [0.25, 0.3) is 5.69 Å². The SMILES string of the molecule is COc1ccc(F)cc1C[NH+]1CCN(c2ccc(C(F)(F)F)cc2[N+](=O)[O-])CC1. The summed E-state index contributed by atoms with van der Waals surface area (Å²) in [6.07, 6.45) is -4.64. The van der Waals surface area contributed by atoms with Crippen LogP contribution < -0.4 is 14.5 Å². The molecule has 0 atom stereocenters. The molecule has 1 aliphatic rings. The average molecular weight is 414 g/mol. The quantitative estimate of drug-likeness (QED) is 0.464. The van der Waals surface area contributed by atoms with Gasteiger partial charge in [-0.2, -0.15) is 13.2 Å². The highest BCUT2D eigenvalue weighted by Gasteiger charge is 2.34. The number of methoxy groups -OCH3 is 1. The van der Waals surface area contributed by atoms with Crippen LogP contribution >= 0.6 is 0 Å². The van der Waals surface area contributed by atoms with Crippen molar-refractivity contribution < 1.29 is 32.1 Å². The van der Waals surface area contributed by atoms with Gasteiger partial charge in [0.2, 0.25) is 0 Å². The molecule has 29 heavy (non-hydrogen) atoms. The third-order valence-corrected chi connectivity index (χ3v) is 4.99. The van der Waals surface area contributed by atoms with Gasteiger partial charge in [0.15, 0.2) is 0 Å². The second kappa shape index (κ2) is 8.24. The number of alkyl halides is 3. The number of benzene rings is 2. The van der Waals surface area contributed by atoms with E-state index in [0.29, 0.717) is 44.5 Å². The Kier molecular flexibility index (Phi) is 5.92. The number of anilines is 1. The number of piperazine rings is 1. The van der Waals surface area contributed by atoms with Crippen molar-refractivity contribution in [3.05, 3.63) is 63.5 Å². The molecule has 3 rings (SSSR count). The molecule has 1 aliphatic heterocycles. The van der Waals surface area contributed by atoms with Crippen molar-refractivity contribution in [1.29, 1.82) is 0 Å². The monoisotopic (exact) mass is 414 g/mol. The molecule has 0 aromatic heterocycles. The second-order valence-corrected chi connectivity index (χ2v) is 6.83. The standard InChI is InChI=1S/C19H19F4N3O3/c1-29-18-5-3-15(20)10-13(18)12-24-6-8-25(9-7-24)16-4-2-14(19(21,22)23)11-17(16)26(27)28/h2-5,10-11H,6-9,12H2,1H3/p+1. The highest BCUT2D eigenvalue weighted by atomic mass is 19.4. The maximum atomic E-state index is 13.5. The number of hydrogen-bond acceptors (Lipinski definition) is 4. The van der Waals surface area contributed by atoms with Crippen LogP contribution in [0.5, 0.6) is 5.75 Å². The van der Waals surface area contributed by atoms with Crippen LogP contribution in [0, 0.1) is 15.9 Å². The molecule has 1 N–H and O–H groups in total. The zero-order valence-corrected chi connectivity index (χ0v) is 15.6. The summed E-state index contributed by atoms with van der Waals surface area (Å²) in [5.41, 5.74) is -0.715. The molecule has 0 radical (unpaired) electrons. The number of halogens is 4. The molecule has 0 unspecified atom stereocenters. The summed E-state index contributed by atoms with van der Waals surface area (Å²) in [5, 5.41) is 11.3. The number of quaternary nitrogens is 1. The van der Waals surface area contributed by atoms with E-state index in [9.17, 15) is 27.7 Å². The lowest BCUT2D eigenvalue weighted by Crippen LogP contribution is -3.13. The first kappa shape index (κ1) is 20.8. The largest absolute Gasteiger partial charge is 0.496 e. The average Bonchev–Trinajstić information content (AvgIpc) is 2.67. The summed E-state index contributed by atoms with van der Waals surface area (Å²) in [6, 6.07) is 6.89. The van der Waals surface area contributed by atoms with Crippen LogP contribution in [0.25, 0.3) is 0 Å². The van der Waals surface area contributed by atoms with E-state index < -0.39 is 22.4 Å². The smallest absolute Gasteiger partial charge is 0.416 e. The predicted octanol–water partition coefficient (Wildman–Crippen LogP) is 2.67. The molecule has 0 spiro atoms. The van der Waals surface area contributed by atoms with Gasteiger partial charge in [0.05, 0.1) is 49.3 Å². The lowest BCUT2D eigenvalue weighted by Gasteiger charge is -2.33. The zero-order valence-electron chi connectivity index (χ0n) is 15.6.